The number of rotatable bonds is 10. The van der Waals surface area contributed by atoms with Crippen molar-refractivity contribution in [1.29, 1.82) is 0 Å². The van der Waals surface area contributed by atoms with E-state index >= 15 is 0 Å². The van der Waals surface area contributed by atoms with E-state index in [0.29, 0.717) is 66.1 Å². The first-order valence-electron chi connectivity index (χ1n) is 15.3. The van der Waals surface area contributed by atoms with Gasteiger partial charge in [0.05, 0.1) is 28.9 Å². The van der Waals surface area contributed by atoms with E-state index in [1.165, 1.54) is 22.5 Å². The molecule has 1 amide bonds. The monoisotopic (exact) mass is 653 g/mol. The number of methoxy groups -OCH3 is 1. The predicted octanol–water partition coefficient (Wildman–Crippen LogP) is 5.85. The molecule has 6 rings (SSSR count). The van der Waals surface area contributed by atoms with E-state index in [2.05, 4.69) is 4.90 Å². The summed E-state index contributed by atoms with van der Waals surface area (Å²) in [6.45, 7) is 3.67. The highest BCUT2D eigenvalue weighted by Gasteiger charge is 2.31. The first kappa shape index (κ1) is 31.7. The van der Waals surface area contributed by atoms with Crippen LogP contribution < -0.4 is 13.9 Å². The number of carbonyl (C=O) groups excluding carboxylic acids is 1. The molecule has 1 fully saturated rings. The molecule has 0 bridgehead atoms. The van der Waals surface area contributed by atoms with E-state index in [1.807, 2.05) is 60.7 Å². The molecule has 0 saturated carbocycles. The van der Waals surface area contributed by atoms with Crippen molar-refractivity contribution in [3.05, 3.63) is 120 Å². The lowest BCUT2D eigenvalue weighted by atomic mass is 10.1. The number of amides is 1. The number of furan rings is 1. The first-order chi connectivity index (χ1) is 22.7. The summed E-state index contributed by atoms with van der Waals surface area (Å²) in [5.41, 5.74) is 3.41. The van der Waals surface area contributed by atoms with Crippen LogP contribution in [0.25, 0.3) is 11.0 Å². The molecule has 1 aliphatic heterocycles. The van der Waals surface area contributed by atoms with Crippen LogP contribution in [0.2, 0.25) is 0 Å². The molecule has 4 aromatic carbocycles. The van der Waals surface area contributed by atoms with Crippen LogP contribution >= 0.6 is 0 Å². The van der Waals surface area contributed by atoms with E-state index in [0.717, 1.165) is 11.3 Å². The number of ether oxygens (including phenoxy) is 1. The highest BCUT2D eigenvalue weighted by atomic mass is 32.2. The van der Waals surface area contributed by atoms with Gasteiger partial charge in [-0.05, 0) is 61.4 Å². The second kappa shape index (κ2) is 13.2. The molecule has 0 aliphatic carbocycles. The van der Waals surface area contributed by atoms with Gasteiger partial charge < -0.3 is 24.1 Å². The second-order valence-electron chi connectivity index (χ2n) is 11.3. The number of hydrogen-bond donors (Lipinski definition) is 1. The zero-order valence-corrected chi connectivity index (χ0v) is 26.9. The van der Waals surface area contributed by atoms with Gasteiger partial charge in [-0.2, -0.15) is 0 Å². The van der Waals surface area contributed by atoms with Gasteiger partial charge in [0.1, 0.15) is 11.3 Å². The number of carboxylic acid groups (broad SMARTS) is 1. The van der Waals surface area contributed by atoms with Gasteiger partial charge in [0.2, 0.25) is 5.76 Å². The fourth-order valence-corrected chi connectivity index (χ4v) is 7.53. The minimum atomic E-state index is -4.13. The van der Waals surface area contributed by atoms with E-state index in [1.54, 1.807) is 37.1 Å². The standard InChI is InChI=1S/C36H35N3O7S/c1-25-29-24-27(16-17-33(29)46-34(25)36(41)42)47(43,44)39(19-18-26-10-4-3-5-11-26)31-14-8-7-13-30(31)37-20-22-38(23-21-37)35(40)28-12-6-9-15-32(28)45-2/h3-17,24H,18-23H2,1-2H3,(H,41,42). The largest absolute Gasteiger partial charge is 0.496 e. The van der Waals surface area contributed by atoms with E-state index in [-0.39, 0.29) is 23.1 Å². The Balaban J connectivity index is 1.33. The number of carboxylic acids is 1. The predicted molar refractivity (Wildman–Crippen MR) is 180 cm³/mol. The van der Waals surface area contributed by atoms with Crippen LogP contribution in [0.15, 0.2) is 106 Å². The Morgan fingerprint density at radius 1 is 0.894 bits per heavy atom. The third-order valence-electron chi connectivity index (χ3n) is 8.53. The lowest BCUT2D eigenvalue weighted by Gasteiger charge is -2.38. The van der Waals surface area contributed by atoms with Gasteiger partial charge in [0, 0.05) is 43.7 Å². The minimum Gasteiger partial charge on any atom is -0.496 e. The van der Waals surface area contributed by atoms with Gasteiger partial charge in [-0.15, -0.1) is 0 Å². The van der Waals surface area contributed by atoms with Gasteiger partial charge in [0.25, 0.3) is 15.9 Å². The van der Waals surface area contributed by atoms with Gasteiger partial charge in [-0.25, -0.2) is 13.2 Å². The van der Waals surface area contributed by atoms with Crippen molar-refractivity contribution < 1.29 is 32.3 Å². The summed E-state index contributed by atoms with van der Waals surface area (Å²) in [4.78, 5) is 29.0. The van der Waals surface area contributed by atoms with E-state index in [4.69, 9.17) is 9.15 Å². The lowest BCUT2D eigenvalue weighted by Crippen LogP contribution is -2.49. The summed E-state index contributed by atoms with van der Waals surface area (Å²) in [5, 5.41) is 9.97. The smallest absolute Gasteiger partial charge is 0.372 e. The minimum absolute atomic E-state index is 0.0286. The normalized spacial score (nSPS) is 13.5. The molecule has 1 N–H and O–H groups in total. The molecule has 0 unspecified atom stereocenters. The van der Waals surface area contributed by atoms with Crippen molar-refractivity contribution in [3.63, 3.8) is 0 Å². The third kappa shape index (κ3) is 6.26. The highest BCUT2D eigenvalue weighted by Crippen LogP contribution is 2.36. The summed E-state index contributed by atoms with van der Waals surface area (Å²) in [6, 6.07) is 28.7. The number of anilines is 2. The fraction of sp³-hybridized carbons (Fsp3) is 0.222. The number of nitrogens with zero attached hydrogens (tertiary/aromatic N) is 3. The third-order valence-corrected chi connectivity index (χ3v) is 10.3. The molecule has 10 nitrogen and oxygen atoms in total. The van der Waals surface area contributed by atoms with Gasteiger partial charge in [0.15, 0.2) is 0 Å². The van der Waals surface area contributed by atoms with Crippen LogP contribution in [0.5, 0.6) is 5.75 Å². The number of benzene rings is 4. The number of carbonyl (C=O) groups is 2. The van der Waals surface area contributed by atoms with Gasteiger partial charge in [-0.1, -0.05) is 54.6 Å². The molecule has 5 aromatic rings. The zero-order chi connectivity index (χ0) is 33.1. The Morgan fingerprint density at radius 2 is 1.57 bits per heavy atom. The molecule has 47 heavy (non-hydrogen) atoms. The highest BCUT2D eigenvalue weighted by molar-refractivity contribution is 7.92. The second-order valence-corrected chi connectivity index (χ2v) is 13.2. The molecule has 11 heteroatoms. The van der Waals surface area contributed by atoms with E-state index < -0.39 is 16.0 Å². The van der Waals surface area contributed by atoms with Gasteiger partial charge in [-0.3, -0.25) is 9.10 Å². The Labute approximate surface area is 273 Å². The maximum absolute atomic E-state index is 14.5. The number of hydrogen-bond acceptors (Lipinski definition) is 7. The SMILES string of the molecule is COc1ccccc1C(=O)N1CCN(c2ccccc2N(CCc2ccccc2)S(=O)(=O)c2ccc3oc(C(=O)O)c(C)c3c2)CC1. The van der Waals surface area contributed by atoms with E-state index in [9.17, 15) is 23.1 Å². The molecule has 242 valence electrons. The van der Waals surface area contributed by atoms with Crippen molar-refractivity contribution in [2.24, 2.45) is 0 Å². The van der Waals surface area contributed by atoms with Crippen LogP contribution in [0.3, 0.4) is 0 Å². The van der Waals surface area contributed by atoms with Gasteiger partial charge >= 0.3 is 5.97 Å². The number of aromatic carboxylic acids is 1. The summed E-state index contributed by atoms with van der Waals surface area (Å²) in [5.74, 6) is -1.03. The van der Waals surface area contributed by atoms with Crippen LogP contribution in [0.1, 0.15) is 32.0 Å². The molecule has 1 saturated heterocycles. The molecular formula is C36H35N3O7S. The molecule has 0 radical (unpaired) electrons. The maximum atomic E-state index is 14.5. The van der Waals surface area contributed by atoms with Crippen LogP contribution in [-0.2, 0) is 16.4 Å². The molecule has 2 heterocycles. The average Bonchev–Trinajstić information content (AvgIpc) is 3.44. The summed E-state index contributed by atoms with van der Waals surface area (Å²) in [6.07, 6.45) is 0.464. The Morgan fingerprint density at radius 3 is 2.30 bits per heavy atom. The Kier molecular flexibility index (Phi) is 8.91. The number of fused-ring (bicyclic) bond motifs is 1. The number of sulfonamides is 1. The Hall–Kier alpha value is -5.29. The van der Waals surface area contributed by atoms with Crippen LogP contribution in [-0.4, -0.2) is 70.1 Å². The zero-order valence-electron chi connectivity index (χ0n) is 26.1. The first-order valence-corrected chi connectivity index (χ1v) is 16.7. The van der Waals surface area contributed by atoms with Crippen molar-refractivity contribution in [1.82, 2.24) is 4.90 Å². The maximum Gasteiger partial charge on any atom is 0.372 e. The van der Waals surface area contributed by atoms with Crippen molar-refractivity contribution in [2.75, 3.05) is 49.0 Å². The topological polar surface area (TPSA) is 121 Å². The summed E-state index contributed by atoms with van der Waals surface area (Å²) in [7, 11) is -2.59. The van der Waals surface area contributed by atoms with Crippen LogP contribution in [0, 0.1) is 6.92 Å². The summed E-state index contributed by atoms with van der Waals surface area (Å²) < 4.78 is 41.4. The molecule has 1 aromatic heterocycles. The fourth-order valence-electron chi connectivity index (χ4n) is 6.02. The number of para-hydroxylation sites is 3. The lowest BCUT2D eigenvalue weighted by molar-refractivity contribution is 0.0663. The molecular weight excluding hydrogens is 618 g/mol. The average molecular weight is 654 g/mol. The Bertz CT molecular complexity index is 2030. The number of aryl methyl sites for hydroxylation is 1. The van der Waals surface area contributed by atoms with Crippen LogP contribution in [0.4, 0.5) is 11.4 Å². The molecule has 0 spiro atoms. The quantitative estimate of drug-likeness (QED) is 0.199. The van der Waals surface area contributed by atoms with Crippen molar-refractivity contribution in [3.8, 4) is 5.75 Å². The van der Waals surface area contributed by atoms with Crippen molar-refractivity contribution >= 4 is 44.2 Å². The summed E-state index contributed by atoms with van der Waals surface area (Å²) >= 11 is 0. The number of piperazine rings is 1. The van der Waals surface area contributed by atoms with Crippen molar-refractivity contribution in [2.45, 2.75) is 18.2 Å². The molecule has 0 atom stereocenters. The molecule has 1 aliphatic rings.